The molecule has 8 heteroatoms. The number of halogens is 1. The summed E-state index contributed by atoms with van der Waals surface area (Å²) >= 11 is 0.817. The minimum absolute atomic E-state index is 0.0915. The molecule has 2 aliphatic heterocycles. The number of hydrogen-bond donors (Lipinski definition) is 1. The summed E-state index contributed by atoms with van der Waals surface area (Å²) in [6.45, 7) is 9.16. The predicted octanol–water partition coefficient (Wildman–Crippen LogP) is 5.91. The van der Waals surface area contributed by atoms with E-state index in [1.165, 1.54) is 24.3 Å². The molecule has 182 valence electrons. The molecule has 1 saturated heterocycles. The third-order valence-corrected chi connectivity index (χ3v) is 6.96. The molecule has 0 aliphatic carbocycles. The molecule has 0 unspecified atom stereocenters. The Morgan fingerprint density at radius 1 is 1.14 bits per heavy atom. The highest BCUT2D eigenvalue weighted by atomic mass is 32.2. The number of imide groups is 1. The molecule has 0 aromatic heterocycles. The van der Waals surface area contributed by atoms with Gasteiger partial charge in [-0.3, -0.25) is 19.3 Å². The molecule has 6 nitrogen and oxygen atoms in total. The van der Waals surface area contributed by atoms with Gasteiger partial charge in [-0.25, -0.2) is 4.39 Å². The topological polar surface area (TPSA) is 69.7 Å². The van der Waals surface area contributed by atoms with E-state index in [2.05, 4.69) is 50.1 Å². The molecule has 35 heavy (non-hydrogen) atoms. The van der Waals surface area contributed by atoms with Gasteiger partial charge < -0.3 is 10.2 Å². The van der Waals surface area contributed by atoms with Crippen LogP contribution in [0.5, 0.6) is 0 Å². The Kier molecular flexibility index (Phi) is 6.85. The Labute approximate surface area is 208 Å². The maximum atomic E-state index is 13.1. The molecule has 2 aromatic rings. The number of allylic oxidation sites excluding steroid dienone is 1. The quantitative estimate of drug-likeness (QED) is 0.507. The number of anilines is 2. The van der Waals surface area contributed by atoms with E-state index in [0.29, 0.717) is 5.69 Å². The molecule has 4 rings (SSSR count). The summed E-state index contributed by atoms with van der Waals surface area (Å²) in [4.78, 5) is 41.3. The zero-order chi connectivity index (χ0) is 25.3. The first-order valence-electron chi connectivity index (χ1n) is 11.5. The summed E-state index contributed by atoms with van der Waals surface area (Å²) in [5.41, 5.74) is 4.53. The van der Waals surface area contributed by atoms with Crippen LogP contribution in [-0.2, 0) is 9.59 Å². The minimum Gasteiger partial charge on any atom is -0.362 e. The van der Waals surface area contributed by atoms with Crippen molar-refractivity contribution in [2.75, 3.05) is 23.3 Å². The van der Waals surface area contributed by atoms with Gasteiger partial charge in [0.05, 0.1) is 10.4 Å². The molecule has 0 spiro atoms. The first kappa shape index (κ1) is 24.7. The lowest BCUT2D eigenvalue weighted by Crippen LogP contribution is -2.45. The number of nitrogens with zero attached hydrogens (tertiary/aromatic N) is 2. The molecular weight excluding hydrogens is 465 g/mol. The molecule has 1 N–H and O–H groups in total. The third kappa shape index (κ3) is 5.17. The lowest BCUT2D eigenvalue weighted by atomic mass is 9.88. The van der Waals surface area contributed by atoms with Gasteiger partial charge in [0.1, 0.15) is 12.4 Å². The molecular formula is C27H28FN3O3S. The highest BCUT2D eigenvalue weighted by Gasteiger charge is 2.36. The second-order valence-electron chi connectivity index (χ2n) is 9.23. The van der Waals surface area contributed by atoms with Crippen LogP contribution < -0.4 is 10.2 Å². The van der Waals surface area contributed by atoms with E-state index in [1.807, 2.05) is 12.1 Å². The van der Waals surface area contributed by atoms with Gasteiger partial charge in [0, 0.05) is 23.5 Å². The zero-order valence-corrected chi connectivity index (χ0v) is 21.0. The van der Waals surface area contributed by atoms with Gasteiger partial charge in [-0.2, -0.15) is 0 Å². The molecule has 0 bridgehead atoms. The van der Waals surface area contributed by atoms with Crippen LogP contribution in [0.4, 0.5) is 20.6 Å². The fraction of sp³-hybridized carbons (Fsp3) is 0.296. The number of rotatable bonds is 6. The average Bonchev–Trinajstić information content (AvgIpc) is 3.05. The Balaban J connectivity index is 1.52. The first-order chi connectivity index (χ1) is 16.6. The van der Waals surface area contributed by atoms with Crippen molar-refractivity contribution in [1.82, 2.24) is 4.90 Å². The van der Waals surface area contributed by atoms with E-state index in [0.717, 1.165) is 52.0 Å². The number of thioether (sulfide) groups is 1. The molecule has 2 aromatic carbocycles. The van der Waals surface area contributed by atoms with Crippen LogP contribution >= 0.6 is 11.8 Å². The lowest BCUT2D eigenvalue weighted by molar-refractivity contribution is -0.127. The van der Waals surface area contributed by atoms with Crippen molar-refractivity contribution >= 4 is 51.8 Å². The fourth-order valence-electron chi connectivity index (χ4n) is 4.49. The Morgan fingerprint density at radius 3 is 2.54 bits per heavy atom. The maximum absolute atomic E-state index is 13.1. The second-order valence-corrected chi connectivity index (χ2v) is 10.2. The van der Waals surface area contributed by atoms with E-state index < -0.39 is 29.4 Å². The van der Waals surface area contributed by atoms with Gasteiger partial charge in [0.15, 0.2) is 0 Å². The SMILES string of the molecule is CCCN1c2ccc(/C=C3/SC(=O)N(CC(=O)Nc4ccc(F)cc4)C3=O)cc2C(C)=CC1(C)C. The van der Waals surface area contributed by atoms with Crippen LogP contribution in [0.1, 0.15) is 45.2 Å². The van der Waals surface area contributed by atoms with Crippen molar-refractivity contribution in [2.45, 2.75) is 39.7 Å². The van der Waals surface area contributed by atoms with Crippen molar-refractivity contribution in [3.05, 3.63) is 70.4 Å². The van der Waals surface area contributed by atoms with E-state index in [4.69, 9.17) is 0 Å². The first-order valence-corrected chi connectivity index (χ1v) is 12.3. The van der Waals surface area contributed by atoms with Crippen LogP contribution in [0.25, 0.3) is 11.6 Å². The predicted molar refractivity (Wildman–Crippen MR) is 140 cm³/mol. The van der Waals surface area contributed by atoms with Gasteiger partial charge in [-0.1, -0.05) is 19.1 Å². The second kappa shape index (κ2) is 9.70. The van der Waals surface area contributed by atoms with Crippen LogP contribution in [0.15, 0.2) is 53.4 Å². The summed E-state index contributed by atoms with van der Waals surface area (Å²) in [6, 6.07) is 11.3. The van der Waals surface area contributed by atoms with Crippen molar-refractivity contribution < 1.29 is 18.8 Å². The maximum Gasteiger partial charge on any atom is 0.294 e. The van der Waals surface area contributed by atoms with Crippen LogP contribution in [0.3, 0.4) is 0 Å². The normalized spacial score (nSPS) is 18.1. The molecule has 2 heterocycles. The molecule has 1 fully saturated rings. The molecule has 3 amide bonds. The summed E-state index contributed by atoms with van der Waals surface area (Å²) in [6.07, 6.45) is 4.97. The highest BCUT2D eigenvalue weighted by Crippen LogP contribution is 2.40. The van der Waals surface area contributed by atoms with E-state index in [1.54, 1.807) is 6.08 Å². The number of hydrogen-bond acceptors (Lipinski definition) is 5. The van der Waals surface area contributed by atoms with Crippen LogP contribution in [0.2, 0.25) is 0 Å². The van der Waals surface area contributed by atoms with Crippen molar-refractivity contribution in [3.8, 4) is 0 Å². The lowest BCUT2D eigenvalue weighted by Gasteiger charge is -2.43. The number of carbonyl (C=O) groups excluding carboxylic acids is 3. The number of fused-ring (bicyclic) bond motifs is 1. The van der Waals surface area contributed by atoms with Crippen molar-refractivity contribution in [3.63, 3.8) is 0 Å². The average molecular weight is 494 g/mol. The Morgan fingerprint density at radius 2 is 1.86 bits per heavy atom. The Bertz CT molecular complexity index is 1250. The number of carbonyl (C=O) groups is 3. The standard InChI is InChI=1S/C27H28FN3O3S/c1-5-12-31-22-11-6-18(13-21(22)17(2)15-27(31,3)4)14-23-25(33)30(26(34)35-23)16-24(32)29-20-9-7-19(28)8-10-20/h6-11,13-15H,5,12,16H2,1-4H3,(H,29,32)/b23-14+. The van der Waals surface area contributed by atoms with Crippen molar-refractivity contribution in [2.24, 2.45) is 0 Å². The Hall–Kier alpha value is -3.39. The summed E-state index contributed by atoms with van der Waals surface area (Å²) in [5.74, 6) is -1.46. The summed E-state index contributed by atoms with van der Waals surface area (Å²) in [7, 11) is 0. The molecule has 0 radical (unpaired) electrons. The third-order valence-electron chi connectivity index (χ3n) is 6.05. The van der Waals surface area contributed by atoms with Crippen LogP contribution in [0, 0.1) is 5.82 Å². The summed E-state index contributed by atoms with van der Waals surface area (Å²) < 4.78 is 13.1. The molecule has 0 saturated carbocycles. The number of nitrogens with one attached hydrogen (secondary N) is 1. The van der Waals surface area contributed by atoms with Crippen molar-refractivity contribution in [1.29, 1.82) is 0 Å². The minimum atomic E-state index is -0.534. The largest absolute Gasteiger partial charge is 0.362 e. The summed E-state index contributed by atoms with van der Waals surface area (Å²) in [5, 5.41) is 2.07. The molecule has 2 aliphatic rings. The van der Waals surface area contributed by atoms with E-state index in [-0.39, 0.29) is 10.4 Å². The highest BCUT2D eigenvalue weighted by molar-refractivity contribution is 8.18. The monoisotopic (exact) mass is 493 g/mol. The van der Waals surface area contributed by atoms with Gasteiger partial charge in [0.25, 0.3) is 11.1 Å². The van der Waals surface area contributed by atoms with Gasteiger partial charge in [-0.05, 0) is 92.6 Å². The van der Waals surface area contributed by atoms with E-state index >= 15 is 0 Å². The number of amides is 3. The smallest absolute Gasteiger partial charge is 0.294 e. The van der Waals surface area contributed by atoms with Gasteiger partial charge in [0.2, 0.25) is 5.91 Å². The van der Waals surface area contributed by atoms with Crippen LogP contribution in [-0.4, -0.2) is 40.6 Å². The van der Waals surface area contributed by atoms with Gasteiger partial charge in [-0.15, -0.1) is 0 Å². The zero-order valence-electron chi connectivity index (χ0n) is 20.2. The van der Waals surface area contributed by atoms with E-state index in [9.17, 15) is 18.8 Å². The number of benzene rings is 2. The molecule has 0 atom stereocenters. The fourth-order valence-corrected chi connectivity index (χ4v) is 5.33. The van der Waals surface area contributed by atoms with Gasteiger partial charge >= 0.3 is 0 Å².